The lowest BCUT2D eigenvalue weighted by Crippen LogP contribution is -2.48. The van der Waals surface area contributed by atoms with Gasteiger partial charge in [0.05, 0.1) is 27.8 Å². The Morgan fingerprint density at radius 3 is 2.03 bits per heavy atom. The van der Waals surface area contributed by atoms with E-state index in [1.807, 2.05) is 61.5 Å². The lowest BCUT2D eigenvalue weighted by atomic mass is 10.1. The van der Waals surface area contributed by atoms with Gasteiger partial charge < -0.3 is 24.4 Å². The number of carbonyl (C=O) groups excluding carboxylic acids is 2. The van der Waals surface area contributed by atoms with Gasteiger partial charge in [-0.1, -0.05) is 48.0 Å². The summed E-state index contributed by atoms with van der Waals surface area (Å²) in [4.78, 5) is 28.2. The van der Waals surface area contributed by atoms with E-state index in [-0.39, 0.29) is 24.8 Å². The predicted molar refractivity (Wildman–Crippen MR) is 139 cm³/mol. The van der Waals surface area contributed by atoms with E-state index < -0.39 is 6.04 Å². The van der Waals surface area contributed by atoms with Crippen LogP contribution in [0.5, 0.6) is 17.2 Å². The molecule has 0 fully saturated rings. The fraction of sp³-hybridized carbons (Fsp3) is 0.310. The molecule has 36 heavy (non-hydrogen) atoms. The van der Waals surface area contributed by atoms with Gasteiger partial charge in [0.2, 0.25) is 11.8 Å². The molecule has 0 aliphatic rings. The molecule has 1 N–H and O–H groups in total. The van der Waals surface area contributed by atoms with Crippen LogP contribution in [0.3, 0.4) is 0 Å². The van der Waals surface area contributed by atoms with Crippen LogP contribution in [-0.4, -0.2) is 44.1 Å². The molecule has 0 saturated carbocycles. The maximum atomic E-state index is 13.5. The van der Waals surface area contributed by atoms with Crippen LogP contribution < -0.4 is 19.5 Å². The summed E-state index contributed by atoms with van der Waals surface area (Å²) < 4.78 is 15.9. The van der Waals surface area contributed by atoms with Crippen LogP contribution in [0, 0.1) is 6.92 Å². The van der Waals surface area contributed by atoms with Gasteiger partial charge in [0.1, 0.15) is 11.8 Å². The van der Waals surface area contributed by atoms with E-state index in [0.29, 0.717) is 18.0 Å². The van der Waals surface area contributed by atoms with Gasteiger partial charge in [0, 0.05) is 13.1 Å². The highest BCUT2D eigenvalue weighted by Gasteiger charge is 2.26. The summed E-state index contributed by atoms with van der Waals surface area (Å²) in [5, 5.41) is 2.97. The van der Waals surface area contributed by atoms with Gasteiger partial charge in [-0.3, -0.25) is 9.59 Å². The van der Waals surface area contributed by atoms with E-state index in [2.05, 4.69) is 5.32 Å². The van der Waals surface area contributed by atoms with Gasteiger partial charge in [-0.2, -0.15) is 0 Å². The van der Waals surface area contributed by atoms with Crippen molar-refractivity contribution in [1.82, 2.24) is 10.2 Å². The zero-order valence-corrected chi connectivity index (χ0v) is 21.5. The minimum absolute atomic E-state index is 0.117. The highest BCUT2D eigenvalue weighted by Crippen LogP contribution is 2.28. The number of rotatable bonds is 11. The van der Waals surface area contributed by atoms with E-state index in [4.69, 9.17) is 14.2 Å². The monoisotopic (exact) mass is 490 g/mol. The number of ether oxygens (including phenoxy) is 3. The molecule has 0 aliphatic heterocycles. The smallest absolute Gasteiger partial charge is 0.242 e. The van der Waals surface area contributed by atoms with Crippen molar-refractivity contribution in [3.8, 4) is 17.2 Å². The number of amides is 2. The summed E-state index contributed by atoms with van der Waals surface area (Å²) in [6.45, 7) is 4.45. The normalized spacial score (nSPS) is 11.4. The first-order valence-electron chi connectivity index (χ1n) is 11.8. The Bertz CT molecular complexity index is 1160. The molecule has 190 valence electrons. The average Bonchev–Trinajstić information content (AvgIpc) is 2.91. The van der Waals surface area contributed by atoms with Crippen LogP contribution in [0.25, 0.3) is 0 Å². The topological polar surface area (TPSA) is 77.1 Å². The fourth-order valence-corrected chi connectivity index (χ4v) is 3.82. The molecule has 7 nitrogen and oxygen atoms in total. The second-order valence-corrected chi connectivity index (χ2v) is 8.62. The molecule has 3 aromatic carbocycles. The molecule has 0 aromatic heterocycles. The molecule has 0 bridgehead atoms. The van der Waals surface area contributed by atoms with Crippen LogP contribution in [0.15, 0.2) is 66.7 Å². The van der Waals surface area contributed by atoms with E-state index in [9.17, 15) is 9.59 Å². The molecule has 3 aromatic rings. The maximum Gasteiger partial charge on any atom is 0.242 e. The number of nitrogens with one attached hydrogen (secondary N) is 1. The summed E-state index contributed by atoms with van der Waals surface area (Å²) in [6.07, 6.45) is 0.117. The second-order valence-electron chi connectivity index (χ2n) is 8.62. The maximum absolute atomic E-state index is 13.5. The van der Waals surface area contributed by atoms with E-state index in [1.54, 1.807) is 45.3 Å². The van der Waals surface area contributed by atoms with Gasteiger partial charge in [0.15, 0.2) is 11.5 Å². The standard InChI is InChI=1S/C29H34N2O5/c1-20-6-8-22(9-7-20)18-30-29(33)21(2)31(19-23-10-13-25(34-3)14-11-23)28(32)17-24-12-15-26(35-4)27(16-24)36-5/h6-16,21H,17-19H2,1-5H3,(H,30,33). The minimum Gasteiger partial charge on any atom is -0.497 e. The predicted octanol–water partition coefficient (Wildman–Crippen LogP) is 4.30. The highest BCUT2D eigenvalue weighted by molar-refractivity contribution is 5.88. The number of methoxy groups -OCH3 is 3. The van der Waals surface area contributed by atoms with Gasteiger partial charge in [-0.05, 0) is 54.8 Å². The van der Waals surface area contributed by atoms with Crippen molar-refractivity contribution in [2.45, 2.75) is 39.4 Å². The van der Waals surface area contributed by atoms with Crippen molar-refractivity contribution < 1.29 is 23.8 Å². The second kappa shape index (κ2) is 12.6. The van der Waals surface area contributed by atoms with E-state index >= 15 is 0 Å². The number of carbonyl (C=O) groups is 2. The number of aryl methyl sites for hydroxylation is 1. The zero-order valence-electron chi connectivity index (χ0n) is 21.5. The van der Waals surface area contributed by atoms with Crippen LogP contribution >= 0.6 is 0 Å². The Balaban J connectivity index is 1.78. The van der Waals surface area contributed by atoms with Crippen molar-refractivity contribution in [3.63, 3.8) is 0 Å². The number of hydrogen-bond acceptors (Lipinski definition) is 5. The molecule has 7 heteroatoms. The summed E-state index contributed by atoms with van der Waals surface area (Å²) in [5.41, 5.74) is 3.82. The summed E-state index contributed by atoms with van der Waals surface area (Å²) in [7, 11) is 4.73. The summed E-state index contributed by atoms with van der Waals surface area (Å²) in [5.74, 6) is 1.48. The molecule has 0 aliphatic carbocycles. The minimum atomic E-state index is -0.676. The van der Waals surface area contributed by atoms with Crippen LogP contribution in [0.4, 0.5) is 0 Å². The molecule has 0 heterocycles. The quantitative estimate of drug-likeness (QED) is 0.434. The molecule has 0 spiro atoms. The third kappa shape index (κ3) is 7.01. The number of hydrogen-bond donors (Lipinski definition) is 1. The van der Waals surface area contributed by atoms with Crippen molar-refractivity contribution in [2.24, 2.45) is 0 Å². The Morgan fingerprint density at radius 1 is 0.806 bits per heavy atom. The molecule has 0 saturated heterocycles. The third-order valence-electron chi connectivity index (χ3n) is 6.07. The number of nitrogens with zero attached hydrogens (tertiary/aromatic N) is 1. The van der Waals surface area contributed by atoms with Crippen LogP contribution in [0.1, 0.15) is 29.2 Å². The first kappa shape index (κ1) is 26.6. The first-order valence-corrected chi connectivity index (χ1v) is 11.8. The van der Waals surface area contributed by atoms with Crippen molar-refractivity contribution in [1.29, 1.82) is 0 Å². The average molecular weight is 491 g/mol. The Kier molecular flexibility index (Phi) is 9.33. The molecule has 1 unspecified atom stereocenters. The van der Waals surface area contributed by atoms with Gasteiger partial charge in [-0.15, -0.1) is 0 Å². The lowest BCUT2D eigenvalue weighted by Gasteiger charge is -2.29. The summed E-state index contributed by atoms with van der Waals surface area (Å²) in [6, 6.07) is 20.2. The molecular formula is C29H34N2O5. The molecule has 3 rings (SSSR count). The van der Waals surface area contributed by atoms with E-state index in [0.717, 1.165) is 28.0 Å². The zero-order chi connectivity index (χ0) is 26.1. The van der Waals surface area contributed by atoms with Crippen LogP contribution in [-0.2, 0) is 29.1 Å². The molecule has 0 radical (unpaired) electrons. The summed E-state index contributed by atoms with van der Waals surface area (Å²) >= 11 is 0. The fourth-order valence-electron chi connectivity index (χ4n) is 3.82. The van der Waals surface area contributed by atoms with Crippen molar-refractivity contribution >= 4 is 11.8 Å². The highest BCUT2D eigenvalue weighted by atomic mass is 16.5. The van der Waals surface area contributed by atoms with Crippen LogP contribution in [0.2, 0.25) is 0 Å². The Hall–Kier alpha value is -4.00. The largest absolute Gasteiger partial charge is 0.497 e. The van der Waals surface area contributed by atoms with Gasteiger partial charge in [0.25, 0.3) is 0 Å². The molecule has 2 amide bonds. The Labute approximate surface area is 213 Å². The number of benzene rings is 3. The SMILES string of the molecule is COc1ccc(CN(C(=O)Cc2ccc(OC)c(OC)c2)C(C)C(=O)NCc2ccc(C)cc2)cc1. The lowest BCUT2D eigenvalue weighted by molar-refractivity contribution is -0.140. The molecular weight excluding hydrogens is 456 g/mol. The Morgan fingerprint density at radius 2 is 1.42 bits per heavy atom. The van der Waals surface area contributed by atoms with Gasteiger partial charge in [-0.25, -0.2) is 0 Å². The van der Waals surface area contributed by atoms with Crippen molar-refractivity contribution in [3.05, 3.63) is 89.0 Å². The van der Waals surface area contributed by atoms with E-state index in [1.165, 1.54) is 0 Å². The first-order chi connectivity index (χ1) is 17.3. The molecule has 1 atom stereocenters. The van der Waals surface area contributed by atoms with Crippen molar-refractivity contribution in [2.75, 3.05) is 21.3 Å². The third-order valence-corrected chi connectivity index (χ3v) is 6.07. The van der Waals surface area contributed by atoms with Gasteiger partial charge >= 0.3 is 0 Å².